The van der Waals surface area contributed by atoms with E-state index in [9.17, 15) is 14.7 Å². The molecular formula is C23H24ClN5O4. The van der Waals surface area contributed by atoms with Gasteiger partial charge in [-0.2, -0.15) is 0 Å². The predicted octanol–water partition coefficient (Wildman–Crippen LogP) is 1.48. The van der Waals surface area contributed by atoms with Crippen LogP contribution in [0.15, 0.2) is 60.3 Å². The fraction of sp³-hybridized carbons (Fsp3) is 0.261. The van der Waals surface area contributed by atoms with Gasteiger partial charge in [0, 0.05) is 11.6 Å². The van der Waals surface area contributed by atoms with E-state index in [0.29, 0.717) is 24.1 Å². The minimum atomic E-state index is -0.713. The minimum Gasteiger partial charge on any atom is -0.487 e. The van der Waals surface area contributed by atoms with E-state index in [4.69, 9.17) is 21.7 Å². The van der Waals surface area contributed by atoms with Crippen molar-refractivity contribution in [1.29, 1.82) is 5.41 Å². The molecule has 0 spiro atoms. The standard InChI is InChI=1S/C23H24ClN5O4/c24-16-7-4-8-17(19(16)21(32)29-23(13-30)9-10-23)33-12-15-11-18(31)27-22(26-15)28-20(25)14-5-2-1-3-6-14/h1-8,11,22,26,30H,9-10,12-13H2,(H2,25,28)(H,27,31)(H,29,32). The number of ether oxygens (including phenoxy) is 1. The summed E-state index contributed by atoms with van der Waals surface area (Å²) in [4.78, 5) is 24.9. The molecular weight excluding hydrogens is 446 g/mol. The summed E-state index contributed by atoms with van der Waals surface area (Å²) in [6, 6.07) is 13.9. The van der Waals surface area contributed by atoms with E-state index in [1.807, 2.05) is 18.2 Å². The van der Waals surface area contributed by atoms with Crippen molar-refractivity contribution in [3.63, 3.8) is 0 Å². The maximum atomic E-state index is 12.8. The van der Waals surface area contributed by atoms with Crippen LogP contribution in [0.2, 0.25) is 5.02 Å². The van der Waals surface area contributed by atoms with Gasteiger partial charge in [0.1, 0.15) is 18.2 Å². The Kier molecular flexibility index (Phi) is 6.52. The van der Waals surface area contributed by atoms with Crippen LogP contribution < -0.4 is 26.0 Å². The SMILES string of the molecule is N=C(NC1NC(=O)C=C(COc2cccc(Cl)c2C(=O)NC2(CO)CC2)N1)c1ccccc1. The van der Waals surface area contributed by atoms with Crippen molar-refractivity contribution in [2.24, 2.45) is 0 Å². The summed E-state index contributed by atoms with van der Waals surface area (Å²) < 4.78 is 5.83. The van der Waals surface area contributed by atoms with Crippen LogP contribution in [0.3, 0.4) is 0 Å². The molecule has 1 aliphatic carbocycles. The Morgan fingerprint density at radius 2 is 1.94 bits per heavy atom. The summed E-state index contributed by atoms with van der Waals surface area (Å²) in [6.07, 6.45) is 2.04. The second kappa shape index (κ2) is 9.51. The van der Waals surface area contributed by atoms with Crippen LogP contribution >= 0.6 is 11.6 Å². The zero-order valence-electron chi connectivity index (χ0n) is 17.7. The van der Waals surface area contributed by atoms with E-state index in [0.717, 1.165) is 0 Å². The number of aliphatic hydroxyl groups is 1. The van der Waals surface area contributed by atoms with Crippen LogP contribution in [-0.4, -0.2) is 47.8 Å². The Balaban J connectivity index is 1.41. The molecule has 6 N–H and O–H groups in total. The van der Waals surface area contributed by atoms with Crippen molar-refractivity contribution < 1.29 is 19.4 Å². The number of benzene rings is 2. The Morgan fingerprint density at radius 1 is 1.18 bits per heavy atom. The predicted molar refractivity (Wildman–Crippen MR) is 123 cm³/mol. The maximum Gasteiger partial charge on any atom is 0.257 e. The molecule has 2 aromatic rings. The number of hydrogen-bond donors (Lipinski definition) is 6. The highest BCUT2D eigenvalue weighted by Crippen LogP contribution is 2.36. The number of amidine groups is 1. The molecule has 1 fully saturated rings. The summed E-state index contributed by atoms with van der Waals surface area (Å²) in [5.41, 5.74) is 0.700. The molecule has 2 aromatic carbocycles. The third-order valence-electron chi connectivity index (χ3n) is 5.39. The minimum absolute atomic E-state index is 0.0317. The van der Waals surface area contributed by atoms with Gasteiger partial charge < -0.3 is 31.1 Å². The highest BCUT2D eigenvalue weighted by atomic mass is 35.5. The fourth-order valence-corrected chi connectivity index (χ4v) is 3.62. The van der Waals surface area contributed by atoms with Crippen LogP contribution in [0.25, 0.3) is 0 Å². The molecule has 0 saturated heterocycles. The highest BCUT2D eigenvalue weighted by molar-refractivity contribution is 6.34. The smallest absolute Gasteiger partial charge is 0.257 e. The number of carbonyl (C=O) groups excluding carboxylic acids is 2. The van der Waals surface area contributed by atoms with E-state index < -0.39 is 17.7 Å². The second-order valence-corrected chi connectivity index (χ2v) is 8.34. The number of aliphatic hydroxyl groups excluding tert-OH is 1. The number of nitrogens with one attached hydrogen (secondary N) is 5. The van der Waals surface area contributed by atoms with Crippen LogP contribution in [0.4, 0.5) is 0 Å². The molecule has 9 nitrogen and oxygen atoms in total. The van der Waals surface area contributed by atoms with Gasteiger partial charge >= 0.3 is 0 Å². The Morgan fingerprint density at radius 3 is 2.64 bits per heavy atom. The fourth-order valence-electron chi connectivity index (χ4n) is 3.37. The maximum absolute atomic E-state index is 12.8. The molecule has 0 bridgehead atoms. The lowest BCUT2D eigenvalue weighted by Crippen LogP contribution is -2.58. The number of halogens is 1. The van der Waals surface area contributed by atoms with Gasteiger partial charge in [0.05, 0.1) is 28.4 Å². The summed E-state index contributed by atoms with van der Waals surface area (Å²) in [6.45, 7) is -0.173. The van der Waals surface area contributed by atoms with Gasteiger partial charge in [-0.1, -0.05) is 48.0 Å². The number of amides is 2. The van der Waals surface area contributed by atoms with Gasteiger partial charge in [0.15, 0.2) is 6.29 Å². The van der Waals surface area contributed by atoms with Gasteiger partial charge in [-0.05, 0) is 25.0 Å². The van der Waals surface area contributed by atoms with Crippen molar-refractivity contribution in [2.75, 3.05) is 13.2 Å². The second-order valence-electron chi connectivity index (χ2n) is 7.94. The van der Waals surface area contributed by atoms with E-state index in [-0.39, 0.29) is 41.3 Å². The van der Waals surface area contributed by atoms with Crippen LogP contribution in [-0.2, 0) is 4.79 Å². The molecule has 1 aliphatic heterocycles. The van der Waals surface area contributed by atoms with Gasteiger partial charge in [-0.3, -0.25) is 15.0 Å². The topological polar surface area (TPSA) is 136 Å². The number of hydrogen-bond acceptors (Lipinski definition) is 6. The van der Waals surface area contributed by atoms with Gasteiger partial charge in [-0.25, -0.2) is 0 Å². The lowest BCUT2D eigenvalue weighted by molar-refractivity contribution is -0.118. The Labute approximate surface area is 195 Å². The summed E-state index contributed by atoms with van der Waals surface area (Å²) >= 11 is 6.27. The van der Waals surface area contributed by atoms with Gasteiger partial charge in [0.25, 0.3) is 5.91 Å². The van der Waals surface area contributed by atoms with E-state index in [1.54, 1.807) is 30.3 Å². The first-order chi connectivity index (χ1) is 15.9. The van der Waals surface area contributed by atoms with Crippen molar-refractivity contribution in [3.8, 4) is 5.75 Å². The van der Waals surface area contributed by atoms with Crippen LogP contribution in [0, 0.1) is 5.41 Å². The van der Waals surface area contributed by atoms with Crippen molar-refractivity contribution in [2.45, 2.75) is 24.7 Å². The highest BCUT2D eigenvalue weighted by Gasteiger charge is 2.44. The molecule has 1 atom stereocenters. The van der Waals surface area contributed by atoms with Gasteiger partial charge in [0.2, 0.25) is 5.91 Å². The Hall–Kier alpha value is -3.56. The average molecular weight is 470 g/mol. The van der Waals surface area contributed by atoms with Crippen molar-refractivity contribution >= 4 is 29.3 Å². The lowest BCUT2D eigenvalue weighted by Gasteiger charge is -2.28. The third kappa shape index (κ3) is 5.44. The van der Waals surface area contributed by atoms with Crippen LogP contribution in [0.5, 0.6) is 5.75 Å². The molecule has 0 radical (unpaired) electrons. The molecule has 1 heterocycles. The monoisotopic (exact) mass is 469 g/mol. The largest absolute Gasteiger partial charge is 0.487 e. The first-order valence-corrected chi connectivity index (χ1v) is 10.8. The molecule has 10 heteroatoms. The molecule has 0 aromatic heterocycles. The molecule has 2 amide bonds. The quantitative estimate of drug-likeness (QED) is 0.256. The van der Waals surface area contributed by atoms with E-state index in [1.165, 1.54) is 6.08 Å². The Bertz CT molecular complexity index is 1100. The lowest BCUT2D eigenvalue weighted by atomic mass is 10.1. The summed E-state index contributed by atoms with van der Waals surface area (Å²) in [5, 5.41) is 29.4. The number of rotatable bonds is 8. The molecule has 1 unspecified atom stereocenters. The molecule has 172 valence electrons. The van der Waals surface area contributed by atoms with Gasteiger partial charge in [-0.15, -0.1) is 0 Å². The summed E-state index contributed by atoms with van der Waals surface area (Å²) in [5.74, 6) is -0.388. The van der Waals surface area contributed by atoms with E-state index >= 15 is 0 Å². The van der Waals surface area contributed by atoms with E-state index in [2.05, 4.69) is 21.3 Å². The first-order valence-electron chi connectivity index (χ1n) is 10.4. The molecule has 2 aliphatic rings. The normalized spacial score (nSPS) is 18.3. The number of carbonyl (C=O) groups is 2. The summed E-state index contributed by atoms with van der Waals surface area (Å²) in [7, 11) is 0. The van der Waals surface area contributed by atoms with Crippen LogP contribution in [0.1, 0.15) is 28.8 Å². The van der Waals surface area contributed by atoms with Crippen molar-refractivity contribution in [3.05, 3.63) is 76.5 Å². The molecule has 33 heavy (non-hydrogen) atoms. The zero-order chi connectivity index (χ0) is 23.4. The molecule has 4 rings (SSSR count). The first kappa shape index (κ1) is 22.6. The molecule has 1 saturated carbocycles. The van der Waals surface area contributed by atoms with Crippen molar-refractivity contribution in [1.82, 2.24) is 21.3 Å². The zero-order valence-corrected chi connectivity index (χ0v) is 18.4. The third-order valence-corrected chi connectivity index (χ3v) is 5.71. The average Bonchev–Trinajstić information content (AvgIpc) is 3.57.